The van der Waals surface area contributed by atoms with Crippen molar-refractivity contribution in [2.24, 2.45) is 0 Å². The van der Waals surface area contributed by atoms with Gasteiger partial charge in [0.05, 0.1) is 12.8 Å². The van der Waals surface area contributed by atoms with Gasteiger partial charge in [-0.3, -0.25) is 0 Å². The normalized spacial score (nSPS) is 17.5. The first-order chi connectivity index (χ1) is 12.6. The van der Waals surface area contributed by atoms with Crippen molar-refractivity contribution in [3.63, 3.8) is 0 Å². The highest BCUT2D eigenvalue weighted by Crippen LogP contribution is 2.35. The molecular weight excluding hydrogens is 352 g/mol. The van der Waals surface area contributed by atoms with Gasteiger partial charge in [-0.15, -0.1) is 0 Å². The lowest BCUT2D eigenvalue weighted by atomic mass is 10.2. The van der Waals surface area contributed by atoms with Crippen LogP contribution in [0.15, 0.2) is 71.4 Å². The van der Waals surface area contributed by atoms with Crippen LogP contribution < -0.4 is 14.2 Å². The maximum Gasteiger partial charge on any atom is 0.342 e. The van der Waals surface area contributed by atoms with Gasteiger partial charge in [0.2, 0.25) is 0 Å². The van der Waals surface area contributed by atoms with Gasteiger partial charge in [0.15, 0.2) is 5.75 Å². The lowest BCUT2D eigenvalue weighted by Gasteiger charge is -2.29. The number of methoxy groups -OCH3 is 1. The highest BCUT2D eigenvalue weighted by Gasteiger charge is 2.32. The maximum absolute atomic E-state index is 12.7. The van der Waals surface area contributed by atoms with Gasteiger partial charge in [-0.25, -0.2) is 0 Å². The number of hydrogen-bond acceptors (Lipinski definition) is 6. The Morgan fingerprint density at radius 2 is 1.92 bits per heavy atom. The summed E-state index contributed by atoms with van der Waals surface area (Å²) in [5, 5.41) is 3.24. The number of nitrogens with one attached hydrogen (secondary N) is 1. The molecule has 0 unspecified atom stereocenters. The molecule has 2 aliphatic rings. The molecule has 7 heteroatoms. The molecule has 0 aliphatic carbocycles. The molecule has 0 amide bonds. The lowest BCUT2D eigenvalue weighted by Crippen LogP contribution is -2.31. The van der Waals surface area contributed by atoms with Crippen LogP contribution in [0.25, 0.3) is 0 Å². The Balaban J connectivity index is 1.71. The van der Waals surface area contributed by atoms with Crippen molar-refractivity contribution in [2.75, 3.05) is 19.0 Å². The van der Waals surface area contributed by atoms with Crippen LogP contribution in [0.3, 0.4) is 0 Å². The van der Waals surface area contributed by atoms with Gasteiger partial charge < -0.3 is 19.1 Å². The van der Waals surface area contributed by atoms with Crippen molar-refractivity contribution in [3.05, 3.63) is 77.0 Å². The molecule has 6 nitrogen and oxygen atoms in total. The van der Waals surface area contributed by atoms with Crippen LogP contribution in [-0.4, -0.2) is 27.0 Å². The maximum atomic E-state index is 12.7. The predicted molar refractivity (Wildman–Crippen MR) is 99.2 cm³/mol. The number of nitrogens with zero attached hydrogens (tertiary/aromatic N) is 1. The number of anilines is 1. The Morgan fingerprint density at radius 3 is 2.69 bits per heavy atom. The van der Waals surface area contributed by atoms with Gasteiger partial charge in [-0.2, -0.15) is 8.42 Å². The minimum Gasteiger partial charge on any atom is -0.497 e. The van der Waals surface area contributed by atoms with Crippen molar-refractivity contribution in [2.45, 2.75) is 6.54 Å². The summed E-state index contributed by atoms with van der Waals surface area (Å²) in [6.07, 6.45) is 3.41. The van der Waals surface area contributed by atoms with Crippen molar-refractivity contribution in [3.8, 4) is 11.5 Å². The molecule has 2 aliphatic heterocycles. The molecule has 0 radical (unpaired) electrons. The molecule has 0 aromatic heterocycles. The van der Waals surface area contributed by atoms with Crippen LogP contribution in [0.1, 0.15) is 5.56 Å². The summed E-state index contributed by atoms with van der Waals surface area (Å²) in [7, 11) is -2.28. The molecule has 2 heterocycles. The van der Waals surface area contributed by atoms with E-state index >= 15 is 0 Å². The quantitative estimate of drug-likeness (QED) is 0.838. The van der Waals surface area contributed by atoms with Gasteiger partial charge >= 0.3 is 10.1 Å². The second kappa shape index (κ2) is 6.42. The van der Waals surface area contributed by atoms with Crippen LogP contribution in [-0.2, 0) is 16.7 Å². The van der Waals surface area contributed by atoms with Gasteiger partial charge in [0.25, 0.3) is 0 Å². The first-order valence-corrected chi connectivity index (χ1v) is 9.57. The molecule has 0 fully saturated rings. The molecule has 0 saturated heterocycles. The number of para-hydroxylation sites is 2. The molecule has 0 bridgehead atoms. The zero-order chi connectivity index (χ0) is 18.1. The molecule has 134 valence electrons. The summed E-state index contributed by atoms with van der Waals surface area (Å²) in [6.45, 7) is 1.15. The molecule has 0 spiro atoms. The van der Waals surface area contributed by atoms with E-state index in [9.17, 15) is 8.42 Å². The van der Waals surface area contributed by atoms with Gasteiger partial charge in [0, 0.05) is 13.1 Å². The Kier molecular flexibility index (Phi) is 4.08. The fraction of sp³-hybridized carbons (Fsp3) is 0.158. The molecule has 2 aromatic carbocycles. The fourth-order valence-corrected chi connectivity index (χ4v) is 4.13. The van der Waals surface area contributed by atoms with Crippen molar-refractivity contribution < 1.29 is 17.3 Å². The SMILES string of the molecule is COc1ccc(CN2CC=CC3=C2Nc2ccccc2OS3(=O)=O)cc1. The third-order valence-electron chi connectivity index (χ3n) is 4.29. The number of ether oxygens (including phenoxy) is 1. The monoisotopic (exact) mass is 370 g/mol. The van der Waals surface area contributed by atoms with Gasteiger partial charge in [0.1, 0.15) is 16.5 Å². The Labute approximate surface area is 152 Å². The molecule has 0 atom stereocenters. The summed E-state index contributed by atoms with van der Waals surface area (Å²) in [4.78, 5) is 2.11. The van der Waals surface area contributed by atoms with Crippen LogP contribution in [0.4, 0.5) is 5.69 Å². The summed E-state index contributed by atoms with van der Waals surface area (Å²) in [5.41, 5.74) is 1.67. The molecule has 1 N–H and O–H groups in total. The molecule has 2 aromatic rings. The Morgan fingerprint density at radius 1 is 1.15 bits per heavy atom. The third-order valence-corrected chi connectivity index (χ3v) is 5.55. The smallest absolute Gasteiger partial charge is 0.342 e. The van der Waals surface area contributed by atoms with E-state index in [0.717, 1.165) is 11.3 Å². The molecule has 0 saturated carbocycles. The molecule has 26 heavy (non-hydrogen) atoms. The summed E-state index contributed by atoms with van der Waals surface area (Å²) < 4.78 is 35.8. The average molecular weight is 370 g/mol. The van der Waals surface area contributed by atoms with Gasteiger partial charge in [-0.05, 0) is 35.9 Å². The van der Waals surface area contributed by atoms with E-state index in [1.165, 1.54) is 0 Å². The molecule has 4 rings (SSSR count). The second-order valence-electron chi connectivity index (χ2n) is 6.00. The summed E-state index contributed by atoms with van der Waals surface area (Å²) in [5.74, 6) is 1.60. The number of fused-ring (bicyclic) bond motifs is 1. The highest BCUT2D eigenvalue weighted by atomic mass is 32.2. The number of hydrogen-bond donors (Lipinski definition) is 1. The van der Waals surface area contributed by atoms with Crippen molar-refractivity contribution in [1.82, 2.24) is 4.90 Å². The Hall–Kier alpha value is -2.93. The van der Waals surface area contributed by atoms with E-state index in [4.69, 9.17) is 8.92 Å². The van der Waals surface area contributed by atoms with Crippen molar-refractivity contribution >= 4 is 15.8 Å². The van der Waals surface area contributed by atoms with E-state index in [2.05, 4.69) is 5.32 Å². The zero-order valence-corrected chi connectivity index (χ0v) is 15.0. The first kappa shape index (κ1) is 16.5. The standard InChI is InChI=1S/C19H18N2O4S/c1-24-15-10-8-14(9-11-15)13-21-12-4-7-18-19(21)20-16-5-2-3-6-17(16)25-26(18,22)23/h2-11,20H,12-13H2,1H3. The minimum absolute atomic E-state index is 0.133. The summed E-state index contributed by atoms with van der Waals surface area (Å²) in [6, 6.07) is 14.7. The van der Waals surface area contributed by atoms with E-state index in [1.54, 1.807) is 31.4 Å². The van der Waals surface area contributed by atoms with Crippen LogP contribution >= 0.6 is 0 Å². The predicted octanol–water partition coefficient (Wildman–Crippen LogP) is 3.07. The first-order valence-electron chi connectivity index (χ1n) is 8.16. The summed E-state index contributed by atoms with van der Waals surface area (Å²) >= 11 is 0. The average Bonchev–Trinajstić information content (AvgIpc) is 2.76. The third kappa shape index (κ3) is 3.01. The minimum atomic E-state index is -3.90. The van der Waals surface area contributed by atoms with E-state index in [0.29, 0.717) is 30.3 Å². The van der Waals surface area contributed by atoms with E-state index in [-0.39, 0.29) is 4.91 Å². The largest absolute Gasteiger partial charge is 0.497 e. The van der Waals surface area contributed by atoms with Gasteiger partial charge in [-0.1, -0.05) is 30.3 Å². The Bertz CT molecular complexity index is 994. The van der Waals surface area contributed by atoms with Crippen LogP contribution in [0.2, 0.25) is 0 Å². The second-order valence-corrected chi connectivity index (χ2v) is 7.52. The van der Waals surface area contributed by atoms with E-state index in [1.807, 2.05) is 41.3 Å². The number of benzene rings is 2. The number of allylic oxidation sites excluding steroid dienone is 1. The van der Waals surface area contributed by atoms with Crippen LogP contribution in [0.5, 0.6) is 11.5 Å². The fourth-order valence-electron chi connectivity index (χ4n) is 2.98. The lowest BCUT2D eigenvalue weighted by molar-refractivity contribution is 0.370. The topological polar surface area (TPSA) is 67.9 Å². The zero-order valence-electron chi connectivity index (χ0n) is 14.2. The molecular formula is C19H18N2O4S. The highest BCUT2D eigenvalue weighted by molar-refractivity contribution is 7.91. The number of rotatable bonds is 3. The van der Waals surface area contributed by atoms with Crippen molar-refractivity contribution in [1.29, 1.82) is 0 Å². The van der Waals surface area contributed by atoms with E-state index < -0.39 is 10.1 Å². The van der Waals surface area contributed by atoms with Crippen LogP contribution in [0, 0.1) is 0 Å².